The molecule has 0 N–H and O–H groups in total. The lowest BCUT2D eigenvalue weighted by Gasteiger charge is -2.16. The van der Waals surface area contributed by atoms with Crippen LogP contribution in [0.25, 0.3) is 22.3 Å². The van der Waals surface area contributed by atoms with Gasteiger partial charge in [0.25, 0.3) is 0 Å². The summed E-state index contributed by atoms with van der Waals surface area (Å²) < 4.78 is 4.35. The van der Waals surface area contributed by atoms with Gasteiger partial charge in [-0.05, 0) is 35.1 Å². The van der Waals surface area contributed by atoms with Gasteiger partial charge in [-0.3, -0.25) is 0 Å². The van der Waals surface area contributed by atoms with Gasteiger partial charge in [0.1, 0.15) is 16.9 Å². The highest BCUT2D eigenvalue weighted by atomic mass is 79.9. The average molecular weight is 650 g/mol. The molecule has 4 heterocycles. The van der Waals surface area contributed by atoms with Crippen molar-refractivity contribution in [1.29, 1.82) is 0 Å². The molecule has 43 heavy (non-hydrogen) atoms. The number of pyridine rings is 1. The number of rotatable bonds is 9. The number of fused-ring (bicyclic) bond motifs is 1. The molecule has 0 atom stereocenters. The van der Waals surface area contributed by atoms with Gasteiger partial charge in [0, 0.05) is 42.2 Å². The maximum Gasteiger partial charge on any atom is 0.173 e. The zero-order chi connectivity index (χ0) is 28.1. The van der Waals surface area contributed by atoms with Crippen molar-refractivity contribution >= 4 is 28.6 Å². The highest BCUT2D eigenvalue weighted by Gasteiger charge is 2.14. The number of imidazole rings is 1. The maximum absolute atomic E-state index is 4.67. The molecule has 0 bridgehead atoms. The lowest BCUT2D eigenvalue weighted by atomic mass is 10.0. The second kappa shape index (κ2) is 13.5. The molecule has 1 aliphatic heterocycles. The van der Waals surface area contributed by atoms with Crippen molar-refractivity contribution < 1.29 is 21.5 Å². The summed E-state index contributed by atoms with van der Waals surface area (Å²) in [7, 11) is 0. The van der Waals surface area contributed by atoms with E-state index in [1.54, 1.807) is 18.1 Å². The summed E-state index contributed by atoms with van der Waals surface area (Å²) in [6.07, 6.45) is 10.5. The highest BCUT2D eigenvalue weighted by Crippen LogP contribution is 2.27. The van der Waals surface area contributed by atoms with Gasteiger partial charge in [-0.2, -0.15) is 0 Å². The van der Waals surface area contributed by atoms with Crippen LogP contribution < -0.4 is 26.4 Å². The summed E-state index contributed by atoms with van der Waals surface area (Å²) in [5.41, 5.74) is 9.26. The van der Waals surface area contributed by atoms with Gasteiger partial charge in [0.2, 0.25) is 0 Å². The van der Waals surface area contributed by atoms with Crippen LogP contribution in [-0.2, 0) is 18.8 Å². The molecule has 0 unspecified atom stereocenters. The zero-order valence-electron chi connectivity index (χ0n) is 23.9. The molecule has 3 aromatic carbocycles. The van der Waals surface area contributed by atoms with Crippen LogP contribution in [0.5, 0.6) is 0 Å². The van der Waals surface area contributed by atoms with Crippen LogP contribution >= 0.6 is 11.8 Å². The zero-order valence-corrected chi connectivity index (χ0v) is 26.3. The smallest absolute Gasteiger partial charge is 0.173 e. The van der Waals surface area contributed by atoms with Crippen LogP contribution in [0, 0.1) is 0 Å². The average Bonchev–Trinajstić information content (AvgIpc) is 3.73. The molecule has 0 amide bonds. The number of hydrogen-bond acceptors (Lipinski definition) is 5. The van der Waals surface area contributed by atoms with Crippen molar-refractivity contribution in [1.82, 2.24) is 19.5 Å². The van der Waals surface area contributed by atoms with E-state index < -0.39 is 0 Å². The van der Waals surface area contributed by atoms with Gasteiger partial charge in [-0.1, -0.05) is 90.6 Å². The first-order valence-corrected chi connectivity index (χ1v) is 15.5. The van der Waals surface area contributed by atoms with Crippen molar-refractivity contribution in [3.8, 4) is 11.1 Å². The Labute approximate surface area is 267 Å². The second-order valence-corrected chi connectivity index (χ2v) is 11.8. The summed E-state index contributed by atoms with van der Waals surface area (Å²) in [5, 5.41) is 0.916. The number of hydrogen-bond donors (Lipinski definition) is 0. The Morgan fingerprint density at radius 1 is 0.698 bits per heavy atom. The Kier molecular flexibility index (Phi) is 9.15. The number of nitrogens with zero attached hydrogens (tertiary/aromatic N) is 6. The number of thioether (sulfide) groups is 1. The Morgan fingerprint density at radius 2 is 1.37 bits per heavy atom. The Balaban J connectivity index is 0.00000329. The second-order valence-electron chi connectivity index (χ2n) is 10.8. The molecular formula is C35H33BrN6S. The molecule has 6 aromatic rings. The summed E-state index contributed by atoms with van der Waals surface area (Å²) >= 11 is 1.70. The van der Waals surface area contributed by atoms with E-state index >= 15 is 0 Å². The van der Waals surface area contributed by atoms with Crippen molar-refractivity contribution in [2.24, 2.45) is 0 Å². The van der Waals surface area contributed by atoms with Crippen molar-refractivity contribution in [3.05, 3.63) is 133 Å². The van der Waals surface area contributed by atoms with Crippen LogP contribution in [-0.4, -0.2) is 32.6 Å². The van der Waals surface area contributed by atoms with E-state index in [4.69, 9.17) is 0 Å². The minimum absolute atomic E-state index is 0. The predicted molar refractivity (Wildman–Crippen MR) is 169 cm³/mol. The van der Waals surface area contributed by atoms with Crippen LogP contribution in [0.15, 0.2) is 121 Å². The molecule has 0 saturated carbocycles. The largest absolute Gasteiger partial charge is 1.00 e. The topological polar surface area (TPSA) is 50.7 Å². The van der Waals surface area contributed by atoms with Gasteiger partial charge in [-0.15, -0.1) is 0 Å². The van der Waals surface area contributed by atoms with E-state index in [9.17, 15) is 0 Å². The van der Waals surface area contributed by atoms with Crippen LogP contribution in [0.3, 0.4) is 0 Å². The third-order valence-corrected chi connectivity index (χ3v) is 8.94. The third kappa shape index (κ3) is 6.81. The number of aromatic nitrogens is 5. The number of benzene rings is 3. The van der Waals surface area contributed by atoms with Gasteiger partial charge in [0.15, 0.2) is 24.6 Å². The fourth-order valence-electron chi connectivity index (χ4n) is 5.56. The fraction of sp³-hybridized carbons (Fsp3) is 0.200. The van der Waals surface area contributed by atoms with E-state index in [1.807, 2.05) is 12.4 Å². The van der Waals surface area contributed by atoms with Gasteiger partial charge in [-0.25, -0.2) is 19.5 Å². The van der Waals surface area contributed by atoms with E-state index in [0.717, 1.165) is 28.5 Å². The van der Waals surface area contributed by atoms with Crippen molar-refractivity contribution in [2.75, 3.05) is 18.0 Å². The monoisotopic (exact) mass is 648 g/mol. The molecule has 7 rings (SSSR count). The molecule has 0 spiro atoms. The molecule has 8 heteroatoms. The van der Waals surface area contributed by atoms with E-state index in [0.29, 0.717) is 6.54 Å². The summed E-state index contributed by atoms with van der Waals surface area (Å²) in [4.78, 5) is 16.2. The standard InChI is InChI=1S/C35H33N6S.BrH/c1-2-6-29(7-3-1)24-42-35-33-34(36-25-37-35)41(26-38-33)23-28-10-14-31(15-11-28)30-12-8-27(9-13-30)22-39-20-16-32(17-21-39)40-18-4-5-19-40;/h1-3,6-17,20-21,25-26H,4-5,18-19,22-24H2;1H/q+1;/p-1. The van der Waals surface area contributed by atoms with Crippen molar-refractivity contribution in [3.63, 3.8) is 0 Å². The van der Waals surface area contributed by atoms with E-state index in [1.165, 1.54) is 59.4 Å². The summed E-state index contributed by atoms with van der Waals surface area (Å²) in [6.45, 7) is 3.94. The van der Waals surface area contributed by atoms with E-state index in [-0.39, 0.29) is 17.0 Å². The first-order chi connectivity index (χ1) is 20.8. The number of anilines is 1. The maximum atomic E-state index is 4.67. The Hall–Kier alpha value is -4.01. The van der Waals surface area contributed by atoms with Crippen LogP contribution in [0.1, 0.15) is 29.5 Å². The molecule has 6 nitrogen and oxygen atoms in total. The minimum Gasteiger partial charge on any atom is -1.00 e. The van der Waals surface area contributed by atoms with Gasteiger partial charge in [0.05, 0.1) is 12.9 Å². The molecule has 0 aliphatic carbocycles. The van der Waals surface area contributed by atoms with Crippen molar-refractivity contribution in [2.45, 2.75) is 36.7 Å². The lowest BCUT2D eigenvalue weighted by Crippen LogP contribution is -3.00. The summed E-state index contributed by atoms with van der Waals surface area (Å²) in [6, 6.07) is 32.6. The summed E-state index contributed by atoms with van der Waals surface area (Å²) in [5.74, 6) is 0.854. The Morgan fingerprint density at radius 3 is 2.07 bits per heavy atom. The molecule has 1 saturated heterocycles. The third-order valence-electron chi connectivity index (χ3n) is 7.89. The highest BCUT2D eigenvalue weighted by molar-refractivity contribution is 7.98. The number of halogens is 1. The minimum atomic E-state index is 0. The molecule has 3 aromatic heterocycles. The predicted octanol–water partition coefficient (Wildman–Crippen LogP) is 3.77. The lowest BCUT2D eigenvalue weighted by molar-refractivity contribution is -0.688. The van der Waals surface area contributed by atoms with Gasteiger partial charge < -0.3 is 26.4 Å². The molecule has 0 radical (unpaired) electrons. The SMILES string of the molecule is [Br-].c1ccc(CSc2ncnc3c2ncn3Cc2ccc(-c3ccc(C[n+]4ccc(N5CCCC5)cc4)cc3)cc2)cc1. The Bertz CT molecular complexity index is 1760. The molecule has 1 aliphatic rings. The normalized spacial score (nSPS) is 12.9. The molecule has 216 valence electrons. The first-order valence-electron chi connectivity index (χ1n) is 14.5. The quantitative estimate of drug-likeness (QED) is 0.136. The van der Waals surface area contributed by atoms with Gasteiger partial charge >= 0.3 is 0 Å². The fourth-order valence-corrected chi connectivity index (χ4v) is 6.46. The molecule has 1 fully saturated rings. The first kappa shape index (κ1) is 29.1. The van der Waals surface area contributed by atoms with E-state index in [2.05, 4.69) is 126 Å². The van der Waals surface area contributed by atoms with Crippen LogP contribution in [0.2, 0.25) is 0 Å². The van der Waals surface area contributed by atoms with Crippen LogP contribution in [0.4, 0.5) is 5.69 Å². The molecular weight excluding hydrogens is 616 g/mol.